The third-order valence-corrected chi connectivity index (χ3v) is 18.7. The number of aliphatic hydroxyl groups is 11. The summed E-state index contributed by atoms with van der Waals surface area (Å²) in [6, 6.07) is -2.53. The largest absolute Gasteiger partial charge is 0.477 e. The summed E-state index contributed by atoms with van der Waals surface area (Å²) in [5, 5.41) is 136. The van der Waals surface area contributed by atoms with Crippen LogP contribution in [0, 0.1) is 0 Å². The Morgan fingerprint density at radius 2 is 1.02 bits per heavy atom. The smallest absolute Gasteiger partial charge is 0.364 e. The predicted molar refractivity (Wildman–Crippen MR) is 357 cm³/mol. The Bertz CT molecular complexity index is 1990. The van der Waals surface area contributed by atoms with Crippen molar-refractivity contribution in [3.8, 4) is 0 Å². The molecule has 18 atom stereocenters. The van der Waals surface area contributed by atoms with E-state index < -0.39 is 148 Å². The van der Waals surface area contributed by atoms with Gasteiger partial charge in [-0.2, -0.15) is 0 Å². The van der Waals surface area contributed by atoms with E-state index in [1.807, 2.05) is 0 Å². The Hall–Kier alpha value is -2.79. The van der Waals surface area contributed by atoms with E-state index in [2.05, 4.69) is 48.8 Å². The number of aliphatic carboxylic acids is 1. The van der Waals surface area contributed by atoms with Gasteiger partial charge in [-0.1, -0.05) is 231 Å². The van der Waals surface area contributed by atoms with Gasteiger partial charge in [-0.15, -0.1) is 0 Å². The fourth-order valence-corrected chi connectivity index (χ4v) is 12.8. The second kappa shape index (κ2) is 51.4. The van der Waals surface area contributed by atoms with Crippen molar-refractivity contribution in [2.24, 2.45) is 0 Å². The molecule has 0 aromatic rings. The van der Waals surface area contributed by atoms with Crippen molar-refractivity contribution in [2.45, 2.75) is 381 Å². The Morgan fingerprint density at radius 3 is 1.49 bits per heavy atom. The van der Waals surface area contributed by atoms with E-state index in [0.717, 1.165) is 71.1 Å². The first-order chi connectivity index (χ1) is 45.4. The van der Waals surface area contributed by atoms with Crippen LogP contribution >= 0.6 is 0 Å². The van der Waals surface area contributed by atoms with Crippen LogP contribution in [0.5, 0.6) is 0 Å². The zero-order chi connectivity index (χ0) is 68.9. The highest BCUT2D eigenvalue weighted by atomic mass is 16.8. The summed E-state index contributed by atoms with van der Waals surface area (Å²) in [4.78, 5) is 38.6. The van der Waals surface area contributed by atoms with Gasteiger partial charge in [0.1, 0.15) is 67.1 Å². The van der Waals surface area contributed by atoms with Crippen LogP contribution in [-0.4, -0.2) is 215 Å². The summed E-state index contributed by atoms with van der Waals surface area (Å²) >= 11 is 0. The van der Waals surface area contributed by atoms with E-state index in [1.165, 1.54) is 154 Å². The molecule has 3 heterocycles. The third kappa shape index (κ3) is 32.9. The van der Waals surface area contributed by atoms with Crippen LogP contribution in [0.1, 0.15) is 271 Å². The number of allylic oxidation sites excluding steroid dienone is 4. The topological polar surface area (TPSA) is 373 Å². The van der Waals surface area contributed by atoms with Crippen molar-refractivity contribution >= 4 is 17.8 Å². The van der Waals surface area contributed by atoms with Gasteiger partial charge >= 0.3 is 5.97 Å². The highest BCUT2D eigenvalue weighted by Crippen LogP contribution is 2.39. The number of carboxylic acids is 1. The van der Waals surface area contributed by atoms with Crippen molar-refractivity contribution in [2.75, 3.05) is 26.4 Å². The SMILES string of the molecule is CCCCCCCCCCC/C=C\C/C=C\CCCCCCCCCCCCCCCC(=O)NC(COC1OC(CO)C(OC2OC(CO)C(O)C(OC3(C(=O)O)CC(O)C(NC(C)=O)C(C(O)C(O)CO)O3)C2O)C(O)C1O)C(O)CCCCCCCCCCCCC. The van der Waals surface area contributed by atoms with E-state index in [-0.39, 0.29) is 18.9 Å². The van der Waals surface area contributed by atoms with Crippen LogP contribution in [0.3, 0.4) is 0 Å². The lowest BCUT2D eigenvalue weighted by molar-refractivity contribution is -0.386. The minimum atomic E-state index is -3.08. The quantitative estimate of drug-likeness (QED) is 0.0205. The van der Waals surface area contributed by atoms with Crippen LogP contribution < -0.4 is 10.6 Å². The molecular weight excluding hydrogens is 1220 g/mol. The molecule has 2 amide bonds. The lowest BCUT2D eigenvalue weighted by Gasteiger charge is -2.50. The molecule has 0 radical (unpaired) electrons. The first kappa shape index (κ1) is 85.4. The van der Waals surface area contributed by atoms with Crippen molar-refractivity contribution in [1.82, 2.24) is 10.6 Å². The molecule has 0 saturated carbocycles. The van der Waals surface area contributed by atoms with Crippen molar-refractivity contribution in [3.63, 3.8) is 0 Å². The van der Waals surface area contributed by atoms with Crippen molar-refractivity contribution in [1.29, 1.82) is 0 Å². The summed E-state index contributed by atoms with van der Waals surface area (Å²) < 4.78 is 34.8. The minimum absolute atomic E-state index is 0.223. The standard InChI is InChI=1S/C71H130N2O21/c1-4-6-8-10-12-14-16-17-18-19-20-21-22-23-24-25-26-27-28-29-30-31-32-33-35-37-39-41-43-45-58(81)73-52(53(78)44-42-40-38-36-34-15-13-11-9-7-5-2)50-89-68-63(85)62(84)65(57(49-76)91-68)92-69-64(86)67(61(83)56(48-75)90-69)94-71(70(87)88)46-54(79)59(72-51(3)77)66(93-71)60(82)55(80)47-74/h20-21,23-24,52-57,59-69,74-76,78-80,82-86H,4-19,22,25-50H2,1-3H3,(H,72,77)(H,73,81)(H,87,88)/b21-20-,24-23-. The maximum atomic E-state index is 13.5. The minimum Gasteiger partial charge on any atom is -0.477 e. The molecule has 3 aliphatic heterocycles. The van der Waals surface area contributed by atoms with Gasteiger partial charge in [-0.3, -0.25) is 9.59 Å². The molecule has 0 bridgehead atoms. The Morgan fingerprint density at radius 1 is 0.553 bits per heavy atom. The third-order valence-electron chi connectivity index (χ3n) is 18.7. The molecule has 23 heteroatoms. The van der Waals surface area contributed by atoms with Gasteiger partial charge in [-0.05, 0) is 44.9 Å². The van der Waals surface area contributed by atoms with E-state index in [9.17, 15) is 75.7 Å². The van der Waals surface area contributed by atoms with Gasteiger partial charge in [0, 0.05) is 19.8 Å². The molecule has 18 unspecified atom stereocenters. The zero-order valence-corrected chi connectivity index (χ0v) is 57.6. The number of carbonyl (C=O) groups is 3. The first-order valence-electron chi connectivity index (χ1n) is 36.7. The molecule has 23 nitrogen and oxygen atoms in total. The maximum Gasteiger partial charge on any atom is 0.364 e. The number of hydrogen-bond acceptors (Lipinski definition) is 20. The van der Waals surface area contributed by atoms with Gasteiger partial charge in [-0.25, -0.2) is 4.79 Å². The number of aliphatic hydroxyl groups excluding tert-OH is 11. The Kier molecular flexibility index (Phi) is 46.7. The number of rotatable bonds is 56. The first-order valence-corrected chi connectivity index (χ1v) is 36.7. The summed E-state index contributed by atoms with van der Waals surface area (Å²) in [5.74, 6) is -6.10. The molecule has 3 rings (SSSR count). The second-order valence-electron chi connectivity index (χ2n) is 26.8. The lowest BCUT2D eigenvalue weighted by atomic mass is 9.88. The van der Waals surface area contributed by atoms with Gasteiger partial charge in [0.15, 0.2) is 12.6 Å². The molecular formula is C71H130N2O21. The van der Waals surface area contributed by atoms with E-state index in [0.29, 0.717) is 19.3 Å². The number of unbranched alkanes of at least 4 members (excludes halogenated alkanes) is 32. The Balaban J connectivity index is 1.49. The fourth-order valence-electron chi connectivity index (χ4n) is 12.8. The second-order valence-corrected chi connectivity index (χ2v) is 26.8. The van der Waals surface area contributed by atoms with Crippen LogP contribution in [0.2, 0.25) is 0 Å². The molecule has 0 aromatic heterocycles. The van der Waals surface area contributed by atoms with Crippen LogP contribution in [-0.2, 0) is 42.8 Å². The van der Waals surface area contributed by atoms with Crippen molar-refractivity contribution in [3.05, 3.63) is 24.3 Å². The summed E-state index contributed by atoms with van der Waals surface area (Å²) in [6.07, 6.45) is 23.5. The summed E-state index contributed by atoms with van der Waals surface area (Å²) in [7, 11) is 0. The zero-order valence-electron chi connectivity index (χ0n) is 57.6. The van der Waals surface area contributed by atoms with E-state index >= 15 is 0 Å². The van der Waals surface area contributed by atoms with Crippen LogP contribution in [0.15, 0.2) is 24.3 Å². The molecule has 94 heavy (non-hydrogen) atoms. The maximum absolute atomic E-state index is 13.5. The number of nitrogens with one attached hydrogen (secondary N) is 2. The molecule has 0 aromatic carbocycles. The average molecular weight is 1350 g/mol. The molecule has 3 fully saturated rings. The number of carboxylic acid groups (broad SMARTS) is 1. The number of carbonyl (C=O) groups excluding carboxylic acids is 2. The van der Waals surface area contributed by atoms with E-state index in [1.54, 1.807) is 0 Å². The van der Waals surface area contributed by atoms with E-state index in [4.69, 9.17) is 28.4 Å². The van der Waals surface area contributed by atoms with Gasteiger partial charge in [0.2, 0.25) is 11.8 Å². The molecule has 3 saturated heterocycles. The number of amides is 2. The highest BCUT2D eigenvalue weighted by Gasteiger charge is 2.60. The van der Waals surface area contributed by atoms with Gasteiger partial charge in [0.05, 0.1) is 50.7 Å². The van der Waals surface area contributed by atoms with Gasteiger partial charge < -0.3 is 100 Å². The molecule has 3 aliphatic rings. The molecule has 0 aliphatic carbocycles. The monoisotopic (exact) mass is 1350 g/mol. The molecule has 14 N–H and O–H groups in total. The lowest BCUT2D eigenvalue weighted by Crippen LogP contribution is -2.70. The Labute approximate surface area is 562 Å². The van der Waals surface area contributed by atoms with Crippen LogP contribution in [0.25, 0.3) is 0 Å². The number of ether oxygens (including phenoxy) is 6. The number of hydrogen-bond donors (Lipinski definition) is 14. The summed E-state index contributed by atoms with van der Waals surface area (Å²) in [6.45, 7) is 2.19. The highest BCUT2D eigenvalue weighted by molar-refractivity contribution is 5.77. The van der Waals surface area contributed by atoms with Crippen LogP contribution in [0.4, 0.5) is 0 Å². The molecule has 550 valence electrons. The van der Waals surface area contributed by atoms with Crippen molar-refractivity contribution < 1.29 is 104 Å². The average Bonchev–Trinajstić information content (AvgIpc) is 0.757. The summed E-state index contributed by atoms with van der Waals surface area (Å²) in [5.41, 5.74) is 0. The van der Waals surface area contributed by atoms with Gasteiger partial charge in [0.25, 0.3) is 5.79 Å². The predicted octanol–water partition coefficient (Wildman–Crippen LogP) is 7.62. The molecule has 0 spiro atoms. The normalized spacial score (nSPS) is 28.0. The fraction of sp³-hybridized carbons (Fsp3) is 0.901.